The fourth-order valence-electron chi connectivity index (χ4n) is 3.16. The highest BCUT2D eigenvalue weighted by molar-refractivity contribution is 7.09. The summed E-state index contributed by atoms with van der Waals surface area (Å²) >= 11 is 1.67. The molecule has 3 heteroatoms. The highest BCUT2D eigenvalue weighted by Crippen LogP contribution is 2.39. The quantitative estimate of drug-likeness (QED) is 0.922. The zero-order chi connectivity index (χ0) is 14.0. The molecular weight excluding hydrogens is 266 g/mol. The molecule has 0 unspecified atom stereocenters. The topological polar surface area (TPSA) is 33.1 Å². The molecule has 1 aliphatic carbocycles. The molecule has 20 heavy (non-hydrogen) atoms. The largest absolute Gasteiger partial charge is 0.389 e. The van der Waals surface area contributed by atoms with Gasteiger partial charge in [0.05, 0.1) is 10.6 Å². The van der Waals surface area contributed by atoms with Gasteiger partial charge in [-0.3, -0.25) is 0 Å². The highest BCUT2D eigenvalue weighted by atomic mass is 32.1. The normalized spacial score (nSPS) is 26.6. The minimum absolute atomic E-state index is 0.546. The van der Waals surface area contributed by atoms with E-state index >= 15 is 0 Å². The van der Waals surface area contributed by atoms with Crippen LogP contribution in [0.5, 0.6) is 0 Å². The van der Waals surface area contributed by atoms with Gasteiger partial charge in [0.15, 0.2) is 0 Å². The third-order valence-electron chi connectivity index (χ3n) is 4.33. The van der Waals surface area contributed by atoms with E-state index in [4.69, 9.17) is 0 Å². The fraction of sp³-hybridized carbons (Fsp3) is 0.471. The molecule has 3 rings (SSSR count). The average Bonchev–Trinajstić information content (AvgIpc) is 2.85. The van der Waals surface area contributed by atoms with Crippen LogP contribution in [-0.2, 0) is 6.42 Å². The molecule has 2 aromatic rings. The van der Waals surface area contributed by atoms with E-state index in [1.807, 2.05) is 6.92 Å². The molecule has 0 aliphatic heterocycles. The van der Waals surface area contributed by atoms with E-state index in [-0.39, 0.29) is 0 Å². The Bertz CT molecular complexity index is 555. The summed E-state index contributed by atoms with van der Waals surface area (Å²) in [6.07, 6.45) is 4.62. The summed E-state index contributed by atoms with van der Waals surface area (Å²) < 4.78 is 0. The van der Waals surface area contributed by atoms with Gasteiger partial charge in [0.25, 0.3) is 0 Å². The van der Waals surface area contributed by atoms with Crippen molar-refractivity contribution in [1.29, 1.82) is 0 Å². The lowest BCUT2D eigenvalue weighted by atomic mass is 9.75. The molecule has 1 fully saturated rings. The van der Waals surface area contributed by atoms with Gasteiger partial charge in [-0.05, 0) is 44.1 Å². The van der Waals surface area contributed by atoms with E-state index < -0.39 is 5.60 Å². The number of hydrogen-bond acceptors (Lipinski definition) is 3. The molecule has 1 saturated carbocycles. The van der Waals surface area contributed by atoms with Crippen molar-refractivity contribution in [3.8, 4) is 0 Å². The maximum Gasteiger partial charge on any atom is 0.0956 e. The van der Waals surface area contributed by atoms with Crippen LogP contribution in [0.15, 0.2) is 35.7 Å². The van der Waals surface area contributed by atoms with Gasteiger partial charge in [-0.1, -0.05) is 30.3 Å². The summed E-state index contributed by atoms with van der Waals surface area (Å²) in [6, 6.07) is 10.7. The smallest absolute Gasteiger partial charge is 0.0956 e. The van der Waals surface area contributed by atoms with E-state index in [9.17, 15) is 5.11 Å². The summed E-state index contributed by atoms with van der Waals surface area (Å²) in [7, 11) is 0. The minimum Gasteiger partial charge on any atom is -0.389 e. The maximum absolute atomic E-state index is 10.8. The first-order valence-corrected chi connectivity index (χ1v) is 8.21. The Morgan fingerprint density at radius 2 is 1.95 bits per heavy atom. The van der Waals surface area contributed by atoms with E-state index in [0.29, 0.717) is 12.3 Å². The van der Waals surface area contributed by atoms with Gasteiger partial charge in [0.1, 0.15) is 0 Å². The average molecular weight is 287 g/mol. The van der Waals surface area contributed by atoms with Crippen molar-refractivity contribution in [2.24, 2.45) is 0 Å². The van der Waals surface area contributed by atoms with Crippen LogP contribution in [0, 0.1) is 6.92 Å². The first-order chi connectivity index (χ1) is 9.65. The van der Waals surface area contributed by atoms with Gasteiger partial charge >= 0.3 is 0 Å². The SMILES string of the molecule is Cc1csc(CC2(O)CCC(c3ccccc3)CC2)n1. The Labute approximate surface area is 124 Å². The van der Waals surface area contributed by atoms with Crippen LogP contribution in [0.2, 0.25) is 0 Å². The van der Waals surface area contributed by atoms with E-state index in [0.717, 1.165) is 36.4 Å². The summed E-state index contributed by atoms with van der Waals surface area (Å²) in [5.41, 5.74) is 1.93. The number of aromatic nitrogens is 1. The number of nitrogens with zero attached hydrogens (tertiary/aromatic N) is 1. The molecule has 1 aliphatic rings. The monoisotopic (exact) mass is 287 g/mol. The van der Waals surface area contributed by atoms with E-state index in [1.54, 1.807) is 11.3 Å². The predicted molar refractivity (Wildman–Crippen MR) is 83.2 cm³/mol. The number of benzene rings is 1. The fourth-order valence-corrected chi connectivity index (χ4v) is 4.06. The third-order valence-corrected chi connectivity index (χ3v) is 5.30. The Morgan fingerprint density at radius 1 is 1.25 bits per heavy atom. The summed E-state index contributed by atoms with van der Waals surface area (Å²) in [4.78, 5) is 4.49. The summed E-state index contributed by atoms with van der Waals surface area (Å²) in [5.74, 6) is 0.606. The molecular formula is C17H21NOS. The molecule has 1 N–H and O–H groups in total. The lowest BCUT2D eigenvalue weighted by Gasteiger charge is -2.35. The van der Waals surface area contributed by atoms with Crippen LogP contribution in [0.25, 0.3) is 0 Å². The standard InChI is InChI=1S/C17H21NOS/c1-13-12-20-16(18-13)11-17(19)9-7-15(8-10-17)14-5-3-2-4-6-14/h2-6,12,15,19H,7-11H2,1H3. The zero-order valence-electron chi connectivity index (χ0n) is 11.9. The van der Waals surface area contributed by atoms with Gasteiger partial charge in [0.2, 0.25) is 0 Å². The van der Waals surface area contributed by atoms with Crippen molar-refractivity contribution in [2.75, 3.05) is 0 Å². The van der Waals surface area contributed by atoms with Crippen LogP contribution in [0.4, 0.5) is 0 Å². The number of aliphatic hydroxyl groups is 1. The van der Waals surface area contributed by atoms with Crippen molar-refractivity contribution in [2.45, 2.75) is 50.5 Å². The Morgan fingerprint density at radius 3 is 2.55 bits per heavy atom. The molecule has 0 atom stereocenters. The van der Waals surface area contributed by atoms with Crippen molar-refractivity contribution >= 4 is 11.3 Å². The third kappa shape index (κ3) is 3.10. The molecule has 1 aromatic heterocycles. The summed E-state index contributed by atoms with van der Waals surface area (Å²) in [6.45, 7) is 2.01. The molecule has 1 heterocycles. The number of thiazole rings is 1. The lowest BCUT2D eigenvalue weighted by molar-refractivity contribution is -0.000502. The summed E-state index contributed by atoms with van der Waals surface area (Å²) in [5, 5.41) is 13.9. The van der Waals surface area contributed by atoms with E-state index in [2.05, 4.69) is 40.7 Å². The maximum atomic E-state index is 10.8. The number of hydrogen-bond donors (Lipinski definition) is 1. The van der Waals surface area contributed by atoms with Crippen molar-refractivity contribution in [3.05, 3.63) is 52.0 Å². The Hall–Kier alpha value is -1.19. The molecule has 0 bridgehead atoms. The number of rotatable bonds is 3. The molecule has 0 spiro atoms. The van der Waals surface area contributed by atoms with Gasteiger partial charge in [-0.15, -0.1) is 11.3 Å². The lowest BCUT2D eigenvalue weighted by Crippen LogP contribution is -2.35. The molecule has 2 nitrogen and oxygen atoms in total. The minimum atomic E-state index is -0.546. The van der Waals surface area contributed by atoms with Crippen LogP contribution < -0.4 is 0 Å². The van der Waals surface area contributed by atoms with Crippen LogP contribution in [-0.4, -0.2) is 15.7 Å². The second kappa shape index (κ2) is 5.66. The first-order valence-electron chi connectivity index (χ1n) is 7.33. The van der Waals surface area contributed by atoms with Crippen molar-refractivity contribution in [3.63, 3.8) is 0 Å². The van der Waals surface area contributed by atoms with Gasteiger partial charge in [-0.25, -0.2) is 4.98 Å². The first kappa shape index (κ1) is 13.8. The Balaban J connectivity index is 1.62. The molecule has 1 aromatic carbocycles. The zero-order valence-corrected chi connectivity index (χ0v) is 12.7. The second-order valence-corrected chi connectivity index (χ2v) is 6.91. The molecule has 0 amide bonds. The molecule has 0 saturated heterocycles. The van der Waals surface area contributed by atoms with Crippen molar-refractivity contribution < 1.29 is 5.11 Å². The van der Waals surface area contributed by atoms with Gasteiger partial charge < -0.3 is 5.11 Å². The molecule has 0 radical (unpaired) electrons. The predicted octanol–water partition coefficient (Wildman–Crippen LogP) is 4.08. The number of aryl methyl sites for hydroxylation is 1. The Kier molecular flexibility index (Phi) is 3.90. The van der Waals surface area contributed by atoms with Crippen LogP contribution >= 0.6 is 11.3 Å². The molecule has 106 valence electrons. The second-order valence-electron chi connectivity index (χ2n) is 5.97. The van der Waals surface area contributed by atoms with Crippen molar-refractivity contribution in [1.82, 2.24) is 4.98 Å². The van der Waals surface area contributed by atoms with Gasteiger partial charge in [-0.2, -0.15) is 0 Å². The van der Waals surface area contributed by atoms with E-state index in [1.165, 1.54) is 5.56 Å². The van der Waals surface area contributed by atoms with Gasteiger partial charge in [0, 0.05) is 17.5 Å². The van der Waals surface area contributed by atoms with Crippen LogP contribution in [0.3, 0.4) is 0 Å². The highest BCUT2D eigenvalue weighted by Gasteiger charge is 2.34. The van der Waals surface area contributed by atoms with Crippen LogP contribution in [0.1, 0.15) is 47.9 Å².